The molecule has 0 unspecified atom stereocenters. The SMILES string of the molecule is COc1ccnc(OC)c1-n1c(CS(=O)(=O)[C@@H](C)[C@H](C)c2ncc(C)cn2)nnc1-c1ccccn1. The summed E-state index contributed by atoms with van der Waals surface area (Å²) in [6, 6.07) is 6.99. The summed E-state index contributed by atoms with van der Waals surface area (Å²) in [6.45, 7) is 5.32. The van der Waals surface area contributed by atoms with Gasteiger partial charge in [-0.05, 0) is 31.5 Å². The van der Waals surface area contributed by atoms with Crippen molar-refractivity contribution in [1.29, 1.82) is 0 Å². The lowest BCUT2D eigenvalue weighted by Crippen LogP contribution is -2.27. The van der Waals surface area contributed by atoms with Crippen molar-refractivity contribution in [2.45, 2.75) is 37.7 Å². The van der Waals surface area contributed by atoms with Crippen LogP contribution in [0.1, 0.15) is 37.0 Å². The van der Waals surface area contributed by atoms with Gasteiger partial charge in [-0.3, -0.25) is 9.55 Å². The standard InChI is InChI=1S/C24H27N7O4S/c1-15-12-27-22(28-13-15)16(2)17(3)36(32,33)14-20-29-30-23(18-8-6-7-10-25-18)31(20)21-19(34-4)9-11-26-24(21)35-5/h6-13,16-17H,14H2,1-5H3/t16-,17-/m0/s1. The van der Waals surface area contributed by atoms with E-state index in [1.54, 1.807) is 61.3 Å². The number of sulfone groups is 1. The van der Waals surface area contributed by atoms with E-state index in [0.717, 1.165) is 5.56 Å². The van der Waals surface area contributed by atoms with E-state index >= 15 is 0 Å². The summed E-state index contributed by atoms with van der Waals surface area (Å²) in [5.41, 5.74) is 1.77. The Morgan fingerprint density at radius 1 is 0.944 bits per heavy atom. The highest BCUT2D eigenvalue weighted by Gasteiger charge is 2.33. The van der Waals surface area contributed by atoms with Crippen LogP contribution >= 0.6 is 0 Å². The first-order valence-corrected chi connectivity index (χ1v) is 12.9. The fourth-order valence-corrected chi connectivity index (χ4v) is 5.27. The average molecular weight is 510 g/mol. The molecule has 0 spiro atoms. The van der Waals surface area contributed by atoms with Gasteiger partial charge in [0.25, 0.3) is 0 Å². The fraction of sp³-hybridized carbons (Fsp3) is 0.333. The smallest absolute Gasteiger partial charge is 0.242 e. The van der Waals surface area contributed by atoms with E-state index in [1.807, 2.05) is 6.92 Å². The zero-order chi connectivity index (χ0) is 25.9. The molecule has 0 N–H and O–H groups in total. The first kappa shape index (κ1) is 25.2. The van der Waals surface area contributed by atoms with Gasteiger partial charge < -0.3 is 9.47 Å². The third kappa shape index (κ3) is 4.89. The van der Waals surface area contributed by atoms with E-state index < -0.39 is 26.8 Å². The van der Waals surface area contributed by atoms with Gasteiger partial charge in [0.05, 0.1) is 19.5 Å². The van der Waals surface area contributed by atoms with Crippen LogP contribution in [0.2, 0.25) is 0 Å². The van der Waals surface area contributed by atoms with Gasteiger partial charge >= 0.3 is 0 Å². The van der Waals surface area contributed by atoms with Crippen molar-refractivity contribution >= 4 is 9.84 Å². The molecule has 36 heavy (non-hydrogen) atoms. The second kappa shape index (κ2) is 10.4. The van der Waals surface area contributed by atoms with Crippen LogP contribution in [0.4, 0.5) is 0 Å². The summed E-state index contributed by atoms with van der Waals surface area (Å²) < 4.78 is 39.8. The maximum absolute atomic E-state index is 13.6. The Labute approximate surface area is 209 Å². The molecule has 0 aliphatic carbocycles. The average Bonchev–Trinajstić information content (AvgIpc) is 3.30. The lowest BCUT2D eigenvalue weighted by molar-refractivity contribution is 0.379. The van der Waals surface area contributed by atoms with Gasteiger partial charge in [0, 0.05) is 36.8 Å². The number of ether oxygens (including phenoxy) is 2. The molecule has 0 saturated carbocycles. The highest BCUT2D eigenvalue weighted by Crippen LogP contribution is 2.35. The van der Waals surface area contributed by atoms with Gasteiger partial charge in [0.2, 0.25) is 5.88 Å². The Kier molecular flexibility index (Phi) is 7.25. The summed E-state index contributed by atoms with van der Waals surface area (Å²) in [7, 11) is -0.760. The van der Waals surface area contributed by atoms with Crippen LogP contribution in [-0.4, -0.2) is 62.6 Å². The normalized spacial score (nSPS) is 13.2. The van der Waals surface area contributed by atoms with Crippen molar-refractivity contribution in [3.63, 3.8) is 0 Å². The van der Waals surface area contributed by atoms with Crippen LogP contribution in [0.3, 0.4) is 0 Å². The number of hydrogen-bond acceptors (Lipinski definition) is 10. The summed E-state index contributed by atoms with van der Waals surface area (Å²) in [5, 5.41) is 7.76. The Balaban J connectivity index is 1.81. The van der Waals surface area contributed by atoms with E-state index in [2.05, 4.69) is 30.1 Å². The number of aromatic nitrogens is 7. The molecule has 0 amide bonds. The number of methoxy groups -OCH3 is 2. The van der Waals surface area contributed by atoms with Crippen molar-refractivity contribution < 1.29 is 17.9 Å². The number of hydrogen-bond donors (Lipinski definition) is 0. The minimum Gasteiger partial charge on any atom is -0.494 e. The molecule has 0 aliphatic rings. The molecular formula is C24H27N7O4S. The van der Waals surface area contributed by atoms with Gasteiger partial charge in [-0.2, -0.15) is 0 Å². The third-order valence-electron chi connectivity index (χ3n) is 5.92. The van der Waals surface area contributed by atoms with Crippen molar-refractivity contribution in [3.05, 3.63) is 66.3 Å². The molecule has 0 saturated heterocycles. The van der Waals surface area contributed by atoms with Crippen molar-refractivity contribution in [2.75, 3.05) is 14.2 Å². The molecule has 0 aliphatic heterocycles. The van der Waals surface area contributed by atoms with Crippen molar-refractivity contribution in [1.82, 2.24) is 34.7 Å². The first-order valence-electron chi connectivity index (χ1n) is 11.2. The highest BCUT2D eigenvalue weighted by atomic mass is 32.2. The predicted molar refractivity (Wildman–Crippen MR) is 133 cm³/mol. The van der Waals surface area contributed by atoms with Crippen LogP contribution in [0, 0.1) is 6.92 Å². The van der Waals surface area contributed by atoms with Gasteiger partial charge in [-0.25, -0.2) is 23.4 Å². The second-order valence-corrected chi connectivity index (χ2v) is 10.6. The van der Waals surface area contributed by atoms with E-state index in [-0.39, 0.29) is 11.7 Å². The maximum atomic E-state index is 13.6. The molecule has 12 heteroatoms. The summed E-state index contributed by atoms with van der Waals surface area (Å²) in [6.07, 6.45) is 6.51. The van der Waals surface area contributed by atoms with Gasteiger partial charge in [-0.15, -0.1) is 10.2 Å². The van der Waals surface area contributed by atoms with Crippen LogP contribution in [0.5, 0.6) is 11.6 Å². The lowest BCUT2D eigenvalue weighted by Gasteiger charge is -2.20. The number of pyridine rings is 2. The molecule has 4 heterocycles. The van der Waals surface area contributed by atoms with Gasteiger partial charge in [0.15, 0.2) is 27.2 Å². The summed E-state index contributed by atoms with van der Waals surface area (Å²) in [5.74, 6) is 0.752. The molecule has 0 bridgehead atoms. The van der Waals surface area contributed by atoms with Crippen molar-refractivity contribution in [2.24, 2.45) is 0 Å². The number of nitrogens with zero attached hydrogens (tertiary/aromatic N) is 7. The van der Waals surface area contributed by atoms with Gasteiger partial charge in [-0.1, -0.05) is 13.0 Å². The quantitative estimate of drug-likeness (QED) is 0.331. The number of aryl methyl sites for hydroxylation is 1. The summed E-state index contributed by atoms with van der Waals surface area (Å²) in [4.78, 5) is 17.3. The molecule has 0 radical (unpaired) electrons. The molecular weight excluding hydrogens is 482 g/mol. The van der Waals surface area contributed by atoms with Crippen LogP contribution < -0.4 is 9.47 Å². The Hall–Kier alpha value is -3.93. The largest absolute Gasteiger partial charge is 0.494 e. The fourth-order valence-electron chi connectivity index (χ4n) is 3.71. The Morgan fingerprint density at radius 3 is 2.33 bits per heavy atom. The second-order valence-electron chi connectivity index (χ2n) is 8.28. The van der Waals surface area contributed by atoms with E-state index in [4.69, 9.17) is 9.47 Å². The molecule has 4 aromatic rings. The topological polar surface area (TPSA) is 135 Å². The molecule has 4 aromatic heterocycles. The van der Waals surface area contributed by atoms with Crippen LogP contribution in [0.25, 0.3) is 17.2 Å². The van der Waals surface area contributed by atoms with Crippen molar-refractivity contribution in [3.8, 4) is 28.8 Å². The number of rotatable bonds is 9. The first-order chi connectivity index (χ1) is 17.3. The minimum absolute atomic E-state index is 0.170. The third-order valence-corrected chi connectivity index (χ3v) is 8.13. The molecule has 11 nitrogen and oxygen atoms in total. The molecule has 0 aromatic carbocycles. The van der Waals surface area contributed by atoms with Crippen LogP contribution in [-0.2, 0) is 15.6 Å². The molecule has 0 fully saturated rings. The zero-order valence-corrected chi connectivity index (χ0v) is 21.5. The van der Waals surface area contributed by atoms with Crippen LogP contribution in [0.15, 0.2) is 49.1 Å². The minimum atomic E-state index is -3.74. The predicted octanol–water partition coefficient (Wildman–Crippen LogP) is 2.95. The summed E-state index contributed by atoms with van der Waals surface area (Å²) >= 11 is 0. The highest BCUT2D eigenvalue weighted by molar-refractivity contribution is 7.91. The lowest BCUT2D eigenvalue weighted by atomic mass is 10.1. The molecule has 2 atom stereocenters. The molecule has 4 rings (SSSR count). The monoisotopic (exact) mass is 509 g/mol. The van der Waals surface area contributed by atoms with E-state index in [1.165, 1.54) is 20.4 Å². The Morgan fingerprint density at radius 2 is 1.69 bits per heavy atom. The zero-order valence-electron chi connectivity index (χ0n) is 20.7. The van der Waals surface area contributed by atoms with Gasteiger partial charge in [0.1, 0.15) is 23.0 Å². The molecule has 188 valence electrons. The van der Waals surface area contributed by atoms with E-state index in [0.29, 0.717) is 28.8 Å². The Bertz CT molecular complexity index is 1420. The maximum Gasteiger partial charge on any atom is 0.242 e. The van der Waals surface area contributed by atoms with E-state index in [9.17, 15) is 8.42 Å².